The van der Waals surface area contributed by atoms with Crippen LogP contribution in [0, 0.1) is 0 Å². The Hall–Kier alpha value is -0.150. The average Bonchev–Trinajstić information content (AvgIpc) is 2.60. The van der Waals surface area contributed by atoms with E-state index in [0.717, 1.165) is 0 Å². The Morgan fingerprint density at radius 2 is 1.67 bits per heavy atom. The maximum atomic E-state index is 12.1. The largest absolute Gasteiger partial charge is 0.309 e. The number of sulfone groups is 1. The summed E-state index contributed by atoms with van der Waals surface area (Å²) in [6, 6.07) is 0. The second-order valence-corrected chi connectivity index (χ2v) is 10.2. The van der Waals surface area contributed by atoms with E-state index in [0.29, 0.717) is 12.8 Å². The highest BCUT2D eigenvalue weighted by atomic mass is 32.2. The topological polar surface area (TPSA) is 71.5 Å². The first-order valence-electron chi connectivity index (χ1n) is 5.72. The summed E-state index contributed by atoms with van der Waals surface area (Å²) in [5.41, 5.74) is 0. The highest BCUT2D eigenvalue weighted by Gasteiger charge is 2.40. The van der Waals surface area contributed by atoms with Crippen molar-refractivity contribution in [1.29, 1.82) is 0 Å². The number of hydrogen-bond acceptors (Lipinski definition) is 4. The van der Waals surface area contributed by atoms with E-state index >= 15 is 0 Å². The van der Waals surface area contributed by atoms with Gasteiger partial charge < -0.3 is 9.13 Å². The predicted octanol–water partition coefficient (Wildman–Crippen LogP) is 2.14. The quantitative estimate of drug-likeness (QED) is 0.532. The van der Waals surface area contributed by atoms with Crippen molar-refractivity contribution in [2.75, 3.05) is 18.1 Å². The van der Waals surface area contributed by atoms with Crippen LogP contribution in [0.25, 0.3) is 0 Å². The monoisotopic (exact) mass is 311 g/mol. The van der Waals surface area contributed by atoms with Crippen LogP contribution in [0.4, 0.5) is 0 Å². The van der Waals surface area contributed by atoms with E-state index in [4.69, 9.17) is 0 Å². The second kappa shape index (κ2) is 6.85. The third-order valence-electron chi connectivity index (χ3n) is 2.76. The Kier molecular flexibility index (Phi) is 6.06. The summed E-state index contributed by atoms with van der Waals surface area (Å²) in [6.07, 6.45) is 4.26. The van der Waals surface area contributed by atoms with Gasteiger partial charge in [0.05, 0.1) is 5.75 Å². The van der Waals surface area contributed by atoms with Crippen LogP contribution in [0.3, 0.4) is 0 Å². The summed E-state index contributed by atoms with van der Waals surface area (Å²) in [5, 5.41) is -0.852. The highest BCUT2D eigenvalue weighted by Crippen LogP contribution is 2.48. The molecule has 0 aromatic rings. The second-order valence-electron chi connectivity index (χ2n) is 4.11. The molecular weight excluding hydrogens is 292 g/mol. The lowest BCUT2D eigenvalue weighted by molar-refractivity contribution is 0.486. The molecule has 8 heteroatoms. The van der Waals surface area contributed by atoms with Crippen molar-refractivity contribution in [1.82, 2.24) is 4.44 Å². The van der Waals surface area contributed by atoms with Crippen molar-refractivity contribution < 1.29 is 17.5 Å². The molecular formula is C10H19NO4P2S. The molecule has 0 N–H and O–H groups in total. The van der Waals surface area contributed by atoms with Gasteiger partial charge in [-0.25, -0.2) is 8.42 Å². The minimum absolute atomic E-state index is 0.0840. The summed E-state index contributed by atoms with van der Waals surface area (Å²) in [6.45, 7) is 6.98. The van der Waals surface area contributed by atoms with Gasteiger partial charge in [-0.05, 0) is 12.8 Å². The molecule has 1 fully saturated rings. The molecule has 0 aliphatic carbocycles. The van der Waals surface area contributed by atoms with Crippen LogP contribution in [-0.4, -0.2) is 36.3 Å². The zero-order valence-electron chi connectivity index (χ0n) is 10.2. The molecule has 0 radical (unpaired) electrons. The summed E-state index contributed by atoms with van der Waals surface area (Å²) in [7, 11) is -8.07. The van der Waals surface area contributed by atoms with Crippen LogP contribution in [0.5, 0.6) is 0 Å². The lowest BCUT2D eigenvalue weighted by atomic mass is 10.3. The molecule has 0 aromatic carbocycles. The first-order valence-corrected chi connectivity index (χ1v) is 10.6. The van der Waals surface area contributed by atoms with E-state index in [1.807, 2.05) is 0 Å². The lowest BCUT2D eigenvalue weighted by Crippen LogP contribution is -2.29. The van der Waals surface area contributed by atoms with Gasteiger partial charge in [0.1, 0.15) is 21.3 Å². The zero-order valence-corrected chi connectivity index (χ0v) is 13.0. The maximum absolute atomic E-state index is 12.1. The standard InChI is InChI=1S/C10H19NO4P2S/c1-3-7-16(12)11(17(13)8-4-2)10-6-5-9-18(10,14)15/h3-4,10,16-17H,1-2,5-9H2. The summed E-state index contributed by atoms with van der Waals surface area (Å²) in [5.74, 6) is 0.0840. The number of hydrogen-bond donors (Lipinski definition) is 0. The molecule has 1 saturated heterocycles. The van der Waals surface area contributed by atoms with Crippen molar-refractivity contribution >= 4 is 25.7 Å². The van der Waals surface area contributed by atoms with Gasteiger partial charge in [-0.1, -0.05) is 12.2 Å². The normalized spacial score (nSPS) is 25.7. The lowest BCUT2D eigenvalue weighted by Gasteiger charge is -2.25. The van der Waals surface area contributed by atoms with Crippen LogP contribution >= 0.6 is 15.9 Å². The predicted molar refractivity (Wildman–Crippen MR) is 76.8 cm³/mol. The Labute approximate surface area is 110 Å². The molecule has 3 unspecified atom stereocenters. The Bertz CT molecular complexity index is 452. The third-order valence-corrected chi connectivity index (χ3v) is 9.74. The minimum Gasteiger partial charge on any atom is -0.309 e. The third kappa shape index (κ3) is 3.67. The molecule has 1 aliphatic heterocycles. The van der Waals surface area contributed by atoms with Crippen molar-refractivity contribution in [3.05, 3.63) is 25.3 Å². The number of allylic oxidation sites excluding steroid dienone is 2. The van der Waals surface area contributed by atoms with Crippen LogP contribution in [-0.2, 0) is 19.0 Å². The van der Waals surface area contributed by atoms with Gasteiger partial charge in [0.2, 0.25) is 0 Å². The average molecular weight is 311 g/mol. The zero-order chi connectivity index (χ0) is 13.8. The van der Waals surface area contributed by atoms with E-state index < -0.39 is 31.1 Å². The SMILES string of the molecule is C=CC[PH](=O)N(C1CCCS1(=O)=O)[PH](=O)CC=C. The first-order chi connectivity index (χ1) is 8.44. The molecule has 0 bridgehead atoms. The van der Waals surface area contributed by atoms with E-state index in [9.17, 15) is 17.5 Å². The molecule has 104 valence electrons. The van der Waals surface area contributed by atoms with Gasteiger partial charge in [-0.2, -0.15) is 4.44 Å². The highest BCUT2D eigenvalue weighted by molar-refractivity contribution is 7.92. The number of nitrogens with zero attached hydrogens (tertiary/aromatic N) is 1. The van der Waals surface area contributed by atoms with E-state index in [2.05, 4.69) is 13.2 Å². The molecule has 1 rings (SSSR count). The molecule has 0 saturated carbocycles. The van der Waals surface area contributed by atoms with Crippen molar-refractivity contribution in [2.24, 2.45) is 0 Å². The fourth-order valence-corrected chi connectivity index (χ4v) is 8.77. The fourth-order valence-electron chi connectivity index (χ4n) is 1.97. The van der Waals surface area contributed by atoms with E-state index in [-0.39, 0.29) is 18.1 Å². The van der Waals surface area contributed by atoms with Crippen LogP contribution < -0.4 is 0 Å². The fraction of sp³-hybridized carbons (Fsp3) is 0.600. The molecule has 1 heterocycles. The Balaban J connectivity index is 3.04. The van der Waals surface area contributed by atoms with Gasteiger partial charge >= 0.3 is 0 Å². The molecule has 0 spiro atoms. The summed E-state index contributed by atoms with van der Waals surface area (Å²) >= 11 is 0. The van der Waals surface area contributed by atoms with E-state index in [1.54, 1.807) is 0 Å². The van der Waals surface area contributed by atoms with Crippen LogP contribution in [0.15, 0.2) is 25.3 Å². The first kappa shape index (κ1) is 15.9. The molecule has 5 nitrogen and oxygen atoms in total. The van der Waals surface area contributed by atoms with Gasteiger partial charge in [-0.3, -0.25) is 0 Å². The van der Waals surface area contributed by atoms with Gasteiger partial charge in [0.15, 0.2) is 9.84 Å². The molecule has 18 heavy (non-hydrogen) atoms. The molecule has 0 aromatic heterocycles. The van der Waals surface area contributed by atoms with E-state index in [1.165, 1.54) is 16.6 Å². The maximum Gasteiger partial charge on any atom is 0.167 e. The minimum atomic E-state index is -3.30. The van der Waals surface area contributed by atoms with Gasteiger partial charge in [-0.15, -0.1) is 13.2 Å². The number of rotatable bonds is 7. The Morgan fingerprint density at radius 1 is 1.17 bits per heavy atom. The summed E-state index contributed by atoms with van der Waals surface area (Å²) < 4.78 is 49.2. The summed E-state index contributed by atoms with van der Waals surface area (Å²) in [4.78, 5) is 0. The molecule has 0 amide bonds. The molecule has 3 atom stereocenters. The molecule has 1 aliphatic rings. The van der Waals surface area contributed by atoms with Crippen molar-refractivity contribution in [3.8, 4) is 0 Å². The van der Waals surface area contributed by atoms with Crippen LogP contribution in [0.1, 0.15) is 12.8 Å². The van der Waals surface area contributed by atoms with Crippen LogP contribution in [0.2, 0.25) is 0 Å². The van der Waals surface area contributed by atoms with Crippen molar-refractivity contribution in [3.63, 3.8) is 0 Å². The Morgan fingerprint density at radius 3 is 2.00 bits per heavy atom. The van der Waals surface area contributed by atoms with Gasteiger partial charge in [0, 0.05) is 12.3 Å². The van der Waals surface area contributed by atoms with Crippen molar-refractivity contribution in [2.45, 2.75) is 18.2 Å². The smallest absolute Gasteiger partial charge is 0.167 e. The van der Waals surface area contributed by atoms with Gasteiger partial charge in [0.25, 0.3) is 0 Å².